The second-order valence-electron chi connectivity index (χ2n) is 5.46. The molecule has 2 aromatic carbocycles. The molecule has 1 heterocycles. The van der Waals surface area contributed by atoms with E-state index in [4.69, 9.17) is 0 Å². The number of para-hydroxylation sites is 1. The minimum Gasteiger partial charge on any atom is -0.311 e. The lowest BCUT2D eigenvalue weighted by molar-refractivity contribution is -0.116. The van der Waals surface area contributed by atoms with E-state index in [1.807, 2.05) is 23.1 Å². The number of anilines is 1. The van der Waals surface area contributed by atoms with E-state index < -0.39 is 9.84 Å². The lowest BCUT2D eigenvalue weighted by Gasteiger charge is -2.17. The summed E-state index contributed by atoms with van der Waals surface area (Å²) in [6.07, 6.45) is 2.08. The zero-order valence-electron chi connectivity index (χ0n) is 12.7. The van der Waals surface area contributed by atoms with Gasteiger partial charge < -0.3 is 4.90 Å². The van der Waals surface area contributed by atoms with E-state index >= 15 is 0 Å². The summed E-state index contributed by atoms with van der Waals surface area (Å²) in [5, 5.41) is 0. The fourth-order valence-electron chi connectivity index (χ4n) is 2.60. The molecule has 0 unspecified atom stereocenters. The highest BCUT2D eigenvalue weighted by Crippen LogP contribution is 2.29. The lowest BCUT2D eigenvalue weighted by atomic mass is 10.2. The van der Waals surface area contributed by atoms with E-state index in [9.17, 15) is 13.2 Å². The molecule has 0 aromatic heterocycles. The van der Waals surface area contributed by atoms with Crippen LogP contribution in [0.5, 0.6) is 0 Å². The van der Waals surface area contributed by atoms with E-state index in [0.29, 0.717) is 10.6 Å². The normalized spacial score (nSPS) is 13.9. The first-order valence-corrected chi connectivity index (χ1v) is 10.1. The van der Waals surface area contributed by atoms with E-state index in [-0.39, 0.29) is 5.91 Å². The molecule has 0 saturated heterocycles. The van der Waals surface area contributed by atoms with Gasteiger partial charge in [-0.1, -0.05) is 18.2 Å². The first-order valence-electron chi connectivity index (χ1n) is 7.26. The summed E-state index contributed by atoms with van der Waals surface area (Å²) in [5.41, 5.74) is 2.22. The number of amides is 1. The first-order chi connectivity index (χ1) is 10.9. The minimum atomic E-state index is -3.18. The van der Waals surface area contributed by atoms with Crippen LogP contribution in [-0.2, 0) is 21.1 Å². The summed E-state index contributed by atoms with van der Waals surface area (Å²) >= 11 is 1.42. The quantitative estimate of drug-likeness (QED) is 0.798. The maximum Gasteiger partial charge on any atom is 0.237 e. The summed E-state index contributed by atoms with van der Waals surface area (Å²) in [4.78, 5) is 15.4. The number of benzene rings is 2. The number of thioether (sulfide) groups is 1. The van der Waals surface area contributed by atoms with Crippen molar-refractivity contribution in [1.82, 2.24) is 0 Å². The SMILES string of the molecule is CS(=O)(=O)c1ccc(SCC(=O)N2CCc3ccccc32)cc1. The van der Waals surface area contributed by atoms with Crippen LogP contribution in [0.4, 0.5) is 5.69 Å². The predicted molar refractivity (Wildman–Crippen MR) is 92.8 cm³/mol. The number of nitrogens with zero attached hydrogens (tertiary/aromatic N) is 1. The van der Waals surface area contributed by atoms with Crippen LogP contribution in [0.1, 0.15) is 5.56 Å². The average molecular weight is 347 g/mol. The van der Waals surface area contributed by atoms with Crippen LogP contribution in [0.25, 0.3) is 0 Å². The van der Waals surface area contributed by atoms with E-state index in [0.717, 1.165) is 23.5 Å². The van der Waals surface area contributed by atoms with E-state index in [2.05, 4.69) is 6.07 Å². The van der Waals surface area contributed by atoms with Crippen molar-refractivity contribution in [1.29, 1.82) is 0 Å². The van der Waals surface area contributed by atoms with Gasteiger partial charge in [0, 0.05) is 23.4 Å². The van der Waals surface area contributed by atoms with Gasteiger partial charge in [-0.25, -0.2) is 8.42 Å². The van der Waals surface area contributed by atoms with E-state index in [1.165, 1.54) is 23.6 Å². The molecule has 0 saturated carbocycles. The number of hydrogen-bond donors (Lipinski definition) is 0. The minimum absolute atomic E-state index is 0.0761. The van der Waals surface area contributed by atoms with Crippen molar-refractivity contribution in [3.8, 4) is 0 Å². The number of sulfone groups is 1. The molecule has 0 spiro atoms. The van der Waals surface area contributed by atoms with Crippen molar-refractivity contribution in [2.45, 2.75) is 16.2 Å². The van der Waals surface area contributed by atoms with Crippen molar-refractivity contribution in [3.05, 3.63) is 54.1 Å². The van der Waals surface area contributed by atoms with Gasteiger partial charge in [0.25, 0.3) is 0 Å². The Kier molecular flexibility index (Phi) is 4.46. The molecule has 0 bridgehead atoms. The van der Waals surface area contributed by atoms with Crippen molar-refractivity contribution in [3.63, 3.8) is 0 Å². The van der Waals surface area contributed by atoms with Crippen LogP contribution >= 0.6 is 11.8 Å². The Balaban J connectivity index is 1.64. The molecule has 1 aliphatic rings. The van der Waals surface area contributed by atoms with Crippen molar-refractivity contribution in [2.24, 2.45) is 0 Å². The van der Waals surface area contributed by atoms with Crippen molar-refractivity contribution in [2.75, 3.05) is 23.5 Å². The van der Waals surface area contributed by atoms with Crippen LogP contribution in [0, 0.1) is 0 Å². The molecule has 3 rings (SSSR count). The summed E-state index contributed by atoms with van der Waals surface area (Å²) in [5.74, 6) is 0.416. The molecule has 4 nitrogen and oxygen atoms in total. The molecule has 0 aliphatic carbocycles. The van der Waals surface area contributed by atoms with Crippen LogP contribution in [-0.4, -0.2) is 32.9 Å². The summed E-state index contributed by atoms with van der Waals surface area (Å²) in [6, 6.07) is 14.6. The van der Waals surface area contributed by atoms with Gasteiger partial charge in [-0.15, -0.1) is 11.8 Å². The van der Waals surface area contributed by atoms with Crippen LogP contribution < -0.4 is 4.90 Å². The number of carbonyl (C=O) groups is 1. The molecule has 0 radical (unpaired) electrons. The summed E-state index contributed by atoms with van der Waals surface area (Å²) in [6.45, 7) is 0.728. The highest BCUT2D eigenvalue weighted by molar-refractivity contribution is 8.00. The Morgan fingerprint density at radius 3 is 2.52 bits per heavy atom. The molecule has 23 heavy (non-hydrogen) atoms. The molecule has 0 fully saturated rings. The zero-order chi connectivity index (χ0) is 16.4. The van der Waals surface area contributed by atoms with Crippen molar-refractivity contribution >= 4 is 33.2 Å². The molecule has 2 aromatic rings. The Morgan fingerprint density at radius 2 is 1.83 bits per heavy atom. The largest absolute Gasteiger partial charge is 0.311 e. The standard InChI is InChI=1S/C17H17NO3S2/c1-23(20,21)15-8-6-14(7-9-15)22-12-17(19)18-11-10-13-4-2-3-5-16(13)18/h2-9H,10-12H2,1H3. The third-order valence-electron chi connectivity index (χ3n) is 3.80. The topological polar surface area (TPSA) is 54.5 Å². The molecule has 0 atom stereocenters. The second-order valence-corrected chi connectivity index (χ2v) is 8.52. The molecule has 120 valence electrons. The molecular formula is C17H17NO3S2. The predicted octanol–water partition coefficient (Wildman–Crippen LogP) is 2.77. The van der Waals surface area contributed by atoms with E-state index in [1.54, 1.807) is 24.3 Å². The molecule has 1 amide bonds. The number of carbonyl (C=O) groups excluding carboxylic acids is 1. The van der Waals surface area contributed by atoms with Gasteiger partial charge >= 0.3 is 0 Å². The van der Waals surface area contributed by atoms with Crippen LogP contribution in [0.15, 0.2) is 58.3 Å². The Labute approximate surface area is 140 Å². The lowest BCUT2D eigenvalue weighted by Crippen LogP contribution is -2.30. The zero-order valence-corrected chi connectivity index (χ0v) is 14.4. The fourth-order valence-corrected chi connectivity index (χ4v) is 4.01. The smallest absolute Gasteiger partial charge is 0.237 e. The Morgan fingerprint density at radius 1 is 1.13 bits per heavy atom. The molecule has 1 aliphatic heterocycles. The van der Waals surface area contributed by atoms with Gasteiger partial charge in [0.05, 0.1) is 10.6 Å². The third kappa shape index (κ3) is 3.59. The third-order valence-corrected chi connectivity index (χ3v) is 5.93. The molecule has 0 N–H and O–H groups in total. The number of rotatable bonds is 4. The number of hydrogen-bond acceptors (Lipinski definition) is 4. The summed E-state index contributed by atoms with van der Waals surface area (Å²) < 4.78 is 22.9. The van der Waals surface area contributed by atoms with Gasteiger partial charge in [-0.3, -0.25) is 4.79 Å². The van der Waals surface area contributed by atoms with Gasteiger partial charge in [0.15, 0.2) is 9.84 Å². The summed E-state index contributed by atoms with van der Waals surface area (Å²) in [7, 11) is -3.18. The number of fused-ring (bicyclic) bond motifs is 1. The average Bonchev–Trinajstić information content (AvgIpc) is 2.96. The highest BCUT2D eigenvalue weighted by atomic mass is 32.2. The maximum absolute atomic E-state index is 12.4. The van der Waals surface area contributed by atoms with Crippen LogP contribution in [0.2, 0.25) is 0 Å². The van der Waals surface area contributed by atoms with Gasteiger partial charge in [0.2, 0.25) is 5.91 Å². The van der Waals surface area contributed by atoms with Crippen molar-refractivity contribution < 1.29 is 13.2 Å². The second kappa shape index (κ2) is 6.37. The Bertz CT molecular complexity index is 829. The monoisotopic (exact) mass is 347 g/mol. The Hall–Kier alpha value is -1.79. The molecular weight excluding hydrogens is 330 g/mol. The van der Waals surface area contributed by atoms with Crippen LogP contribution in [0.3, 0.4) is 0 Å². The van der Waals surface area contributed by atoms with Gasteiger partial charge in [-0.05, 0) is 42.3 Å². The molecule has 6 heteroatoms. The fraction of sp³-hybridized carbons (Fsp3) is 0.235. The van der Waals surface area contributed by atoms with Gasteiger partial charge in [0.1, 0.15) is 0 Å². The highest BCUT2D eigenvalue weighted by Gasteiger charge is 2.23. The first kappa shape index (κ1) is 16.1. The van der Waals surface area contributed by atoms with Gasteiger partial charge in [-0.2, -0.15) is 0 Å². The maximum atomic E-state index is 12.4.